The number of benzene rings is 2. The van der Waals surface area contributed by atoms with Crippen LogP contribution in [0.1, 0.15) is 11.1 Å². The highest BCUT2D eigenvalue weighted by Gasteiger charge is 2.02. The summed E-state index contributed by atoms with van der Waals surface area (Å²) in [7, 11) is 0. The van der Waals surface area contributed by atoms with Gasteiger partial charge in [-0.1, -0.05) is 18.2 Å². The van der Waals surface area contributed by atoms with Crippen LogP contribution in [0, 0.1) is 10.1 Å². The van der Waals surface area contributed by atoms with Crippen molar-refractivity contribution in [2.24, 2.45) is 0 Å². The van der Waals surface area contributed by atoms with E-state index in [9.17, 15) is 14.9 Å². The van der Waals surface area contributed by atoms with E-state index >= 15 is 0 Å². The number of hydrogen-bond donors (Lipinski definition) is 1. The number of nitro groups is 1. The van der Waals surface area contributed by atoms with E-state index in [-0.39, 0.29) is 11.2 Å². The maximum Gasteiger partial charge on any atom is 0.272 e. The summed E-state index contributed by atoms with van der Waals surface area (Å²) >= 11 is 0. The first-order valence-corrected chi connectivity index (χ1v) is 6.53. The molecule has 22 heavy (non-hydrogen) atoms. The van der Waals surface area contributed by atoms with Gasteiger partial charge in [-0.15, -0.1) is 0 Å². The van der Waals surface area contributed by atoms with Crippen LogP contribution in [0.5, 0.6) is 0 Å². The van der Waals surface area contributed by atoms with Gasteiger partial charge in [0, 0.05) is 17.5 Å². The third kappa shape index (κ3) is 2.76. The van der Waals surface area contributed by atoms with Crippen molar-refractivity contribution in [2.45, 2.75) is 0 Å². The Morgan fingerprint density at radius 2 is 1.73 bits per heavy atom. The summed E-state index contributed by atoms with van der Waals surface area (Å²) in [4.78, 5) is 21.7. The molecule has 1 heterocycles. The maximum absolute atomic E-state index is 11.6. The van der Waals surface area contributed by atoms with Crippen LogP contribution in [0.2, 0.25) is 0 Å². The van der Waals surface area contributed by atoms with Gasteiger partial charge in [-0.2, -0.15) is 5.10 Å². The summed E-state index contributed by atoms with van der Waals surface area (Å²) in [6, 6.07) is 11.7. The van der Waals surface area contributed by atoms with Crippen LogP contribution in [0.15, 0.2) is 53.5 Å². The van der Waals surface area contributed by atoms with E-state index in [4.69, 9.17) is 0 Å². The van der Waals surface area contributed by atoms with E-state index in [0.717, 1.165) is 16.5 Å². The third-order valence-corrected chi connectivity index (χ3v) is 3.26. The van der Waals surface area contributed by atoms with Gasteiger partial charge in [0.25, 0.3) is 11.2 Å². The van der Waals surface area contributed by atoms with Gasteiger partial charge in [-0.05, 0) is 35.4 Å². The first-order valence-electron chi connectivity index (χ1n) is 6.53. The summed E-state index contributed by atoms with van der Waals surface area (Å²) in [6.07, 6.45) is 5.33. The minimum Gasteiger partial charge on any atom is -0.267 e. The van der Waals surface area contributed by atoms with Gasteiger partial charge in [-0.25, -0.2) is 5.10 Å². The Kier molecular flexibility index (Phi) is 3.49. The summed E-state index contributed by atoms with van der Waals surface area (Å²) in [5, 5.41) is 18.1. The Morgan fingerprint density at radius 3 is 2.45 bits per heavy atom. The van der Waals surface area contributed by atoms with Crippen LogP contribution in [0.3, 0.4) is 0 Å². The molecule has 3 rings (SSSR count). The first kappa shape index (κ1) is 13.7. The lowest BCUT2D eigenvalue weighted by atomic mass is 10.1. The van der Waals surface area contributed by atoms with Crippen molar-refractivity contribution in [1.82, 2.24) is 10.2 Å². The quantitative estimate of drug-likeness (QED) is 0.456. The number of H-pyrrole nitrogens is 1. The average Bonchev–Trinajstić information content (AvgIpc) is 2.53. The number of aromatic amines is 1. The molecular formula is C16H11N3O3. The molecule has 6 nitrogen and oxygen atoms in total. The van der Waals surface area contributed by atoms with Crippen LogP contribution in [0.25, 0.3) is 22.9 Å². The van der Waals surface area contributed by atoms with Gasteiger partial charge >= 0.3 is 0 Å². The second kappa shape index (κ2) is 5.61. The summed E-state index contributed by atoms with van der Waals surface area (Å²) in [5.41, 5.74) is 1.62. The summed E-state index contributed by atoms with van der Waals surface area (Å²) in [5.74, 6) is 0. The molecule has 0 aliphatic heterocycles. The SMILES string of the molecule is O=c1[nH]ncc2cc(C=Cc3ccc([N+](=O)[O-])cc3)ccc12. The number of hydrogen-bond acceptors (Lipinski definition) is 4. The van der Waals surface area contributed by atoms with Crippen LogP contribution < -0.4 is 5.56 Å². The van der Waals surface area contributed by atoms with E-state index in [1.54, 1.807) is 24.4 Å². The van der Waals surface area contributed by atoms with Crippen molar-refractivity contribution in [3.8, 4) is 0 Å². The molecule has 0 bridgehead atoms. The second-order valence-corrected chi connectivity index (χ2v) is 4.73. The fraction of sp³-hybridized carbons (Fsp3) is 0. The van der Waals surface area contributed by atoms with Crippen molar-refractivity contribution in [2.75, 3.05) is 0 Å². The molecule has 3 aromatic rings. The minimum absolute atomic E-state index is 0.0631. The highest BCUT2D eigenvalue weighted by molar-refractivity contribution is 5.84. The molecule has 0 amide bonds. The zero-order valence-electron chi connectivity index (χ0n) is 11.4. The zero-order chi connectivity index (χ0) is 15.5. The number of non-ortho nitro benzene ring substituents is 1. The average molecular weight is 293 g/mol. The Balaban J connectivity index is 1.89. The Bertz CT molecular complexity index is 927. The van der Waals surface area contributed by atoms with Gasteiger partial charge in [0.2, 0.25) is 0 Å². The van der Waals surface area contributed by atoms with Gasteiger partial charge < -0.3 is 0 Å². The molecule has 6 heteroatoms. The van der Waals surface area contributed by atoms with E-state index in [2.05, 4.69) is 10.2 Å². The van der Waals surface area contributed by atoms with Crippen molar-refractivity contribution < 1.29 is 4.92 Å². The van der Waals surface area contributed by atoms with Crippen LogP contribution in [-0.2, 0) is 0 Å². The second-order valence-electron chi connectivity index (χ2n) is 4.73. The Morgan fingerprint density at radius 1 is 1.05 bits per heavy atom. The largest absolute Gasteiger partial charge is 0.272 e. The highest BCUT2D eigenvalue weighted by Crippen LogP contribution is 2.16. The molecule has 2 aromatic carbocycles. The molecule has 0 aliphatic carbocycles. The fourth-order valence-corrected chi connectivity index (χ4v) is 2.12. The van der Waals surface area contributed by atoms with Crippen molar-refractivity contribution in [3.63, 3.8) is 0 Å². The fourth-order valence-electron chi connectivity index (χ4n) is 2.12. The number of nitrogens with zero attached hydrogens (tertiary/aromatic N) is 2. The predicted molar refractivity (Wildman–Crippen MR) is 84.4 cm³/mol. The molecule has 1 aromatic heterocycles. The maximum atomic E-state index is 11.6. The molecule has 0 saturated carbocycles. The van der Waals surface area contributed by atoms with Crippen molar-refractivity contribution in [1.29, 1.82) is 0 Å². The molecule has 0 spiro atoms. The molecular weight excluding hydrogens is 282 g/mol. The molecule has 0 fully saturated rings. The minimum atomic E-state index is -0.429. The topological polar surface area (TPSA) is 88.9 Å². The lowest BCUT2D eigenvalue weighted by molar-refractivity contribution is -0.384. The number of rotatable bonds is 3. The highest BCUT2D eigenvalue weighted by atomic mass is 16.6. The predicted octanol–water partition coefficient (Wildman–Crippen LogP) is 3.00. The van der Waals surface area contributed by atoms with Crippen LogP contribution in [-0.4, -0.2) is 15.1 Å². The normalized spacial score (nSPS) is 11.1. The molecule has 0 unspecified atom stereocenters. The van der Waals surface area contributed by atoms with E-state index < -0.39 is 4.92 Å². The molecule has 0 aliphatic rings. The number of nitrogens with one attached hydrogen (secondary N) is 1. The molecule has 0 saturated heterocycles. The van der Waals surface area contributed by atoms with Gasteiger partial charge in [0.1, 0.15) is 0 Å². The Labute approximate surface area is 124 Å². The number of nitro benzene ring substituents is 1. The zero-order valence-corrected chi connectivity index (χ0v) is 11.4. The monoisotopic (exact) mass is 293 g/mol. The smallest absolute Gasteiger partial charge is 0.267 e. The van der Waals surface area contributed by atoms with E-state index in [0.29, 0.717) is 5.39 Å². The Hall–Kier alpha value is -3.28. The number of aromatic nitrogens is 2. The van der Waals surface area contributed by atoms with E-state index in [1.807, 2.05) is 24.3 Å². The van der Waals surface area contributed by atoms with Crippen molar-refractivity contribution >= 4 is 28.6 Å². The first-order chi connectivity index (χ1) is 10.6. The lowest BCUT2D eigenvalue weighted by Crippen LogP contribution is -2.06. The van der Waals surface area contributed by atoms with Crippen LogP contribution in [0.4, 0.5) is 5.69 Å². The number of fused-ring (bicyclic) bond motifs is 1. The van der Waals surface area contributed by atoms with Gasteiger partial charge in [0.15, 0.2) is 0 Å². The van der Waals surface area contributed by atoms with Crippen molar-refractivity contribution in [3.05, 3.63) is 80.3 Å². The molecule has 0 atom stereocenters. The van der Waals surface area contributed by atoms with Gasteiger partial charge in [0.05, 0.1) is 16.5 Å². The summed E-state index contributed by atoms with van der Waals surface area (Å²) in [6.45, 7) is 0. The molecule has 1 N–H and O–H groups in total. The molecule has 108 valence electrons. The summed E-state index contributed by atoms with van der Waals surface area (Å²) < 4.78 is 0. The lowest BCUT2D eigenvalue weighted by Gasteiger charge is -1.98. The standard InChI is InChI=1S/C16H11N3O3/c20-16-15-8-5-12(9-13(15)10-17-18-16)2-1-11-3-6-14(7-4-11)19(21)22/h1-10H,(H,18,20). The van der Waals surface area contributed by atoms with Gasteiger partial charge in [-0.3, -0.25) is 14.9 Å². The molecule has 0 radical (unpaired) electrons. The third-order valence-electron chi connectivity index (χ3n) is 3.26. The van der Waals surface area contributed by atoms with E-state index in [1.165, 1.54) is 12.1 Å². The van der Waals surface area contributed by atoms with Crippen LogP contribution >= 0.6 is 0 Å².